The lowest BCUT2D eigenvalue weighted by Gasteiger charge is -2.37. The summed E-state index contributed by atoms with van der Waals surface area (Å²) < 4.78 is 10.9. The summed E-state index contributed by atoms with van der Waals surface area (Å²) >= 11 is 0. The summed E-state index contributed by atoms with van der Waals surface area (Å²) in [5.74, 6) is 2.23. The second-order valence-corrected chi connectivity index (χ2v) is 7.93. The van der Waals surface area contributed by atoms with E-state index in [0.717, 1.165) is 44.2 Å². The summed E-state index contributed by atoms with van der Waals surface area (Å²) in [6.45, 7) is 2.23. The number of nitrogens with one attached hydrogen (secondary N) is 1. The standard InChI is InChI=1S/C20H26N4O3/c1-20(21)11-3-2-4-16(20)18(25)22-14-7-9-15(10-8-14)26-12-17-23-19(27-24-17)13-5-6-13/h7-10,13,16H,2-6,11-12,21H2,1H3,(H,22,25). The van der Waals surface area contributed by atoms with Crippen molar-refractivity contribution >= 4 is 11.6 Å². The minimum Gasteiger partial charge on any atom is -0.485 e. The van der Waals surface area contributed by atoms with Crippen LogP contribution in [0.4, 0.5) is 5.69 Å². The molecule has 2 atom stereocenters. The highest BCUT2D eigenvalue weighted by Gasteiger charge is 2.37. The summed E-state index contributed by atoms with van der Waals surface area (Å²) in [6.07, 6.45) is 6.12. The normalized spacial score (nSPS) is 25.2. The molecule has 0 spiro atoms. The number of hydrogen-bond acceptors (Lipinski definition) is 6. The van der Waals surface area contributed by atoms with Gasteiger partial charge in [-0.2, -0.15) is 4.98 Å². The van der Waals surface area contributed by atoms with E-state index in [9.17, 15) is 4.79 Å². The first kappa shape index (κ1) is 18.0. The Labute approximate surface area is 158 Å². The lowest BCUT2D eigenvalue weighted by Crippen LogP contribution is -2.51. The SMILES string of the molecule is CC1(N)CCCCC1C(=O)Nc1ccc(OCc2noc(C3CC3)n2)cc1. The van der Waals surface area contributed by atoms with E-state index < -0.39 is 5.54 Å². The number of carbonyl (C=O) groups excluding carboxylic acids is 1. The third-order valence-electron chi connectivity index (χ3n) is 5.47. The van der Waals surface area contributed by atoms with Crippen molar-refractivity contribution in [3.63, 3.8) is 0 Å². The second-order valence-electron chi connectivity index (χ2n) is 7.93. The molecule has 7 nitrogen and oxygen atoms in total. The predicted octanol–water partition coefficient (Wildman–Crippen LogP) is 3.37. The van der Waals surface area contributed by atoms with E-state index in [0.29, 0.717) is 23.4 Å². The van der Waals surface area contributed by atoms with Crippen molar-refractivity contribution < 1.29 is 14.1 Å². The van der Waals surface area contributed by atoms with E-state index in [1.54, 1.807) is 0 Å². The van der Waals surface area contributed by atoms with Crippen molar-refractivity contribution in [1.29, 1.82) is 0 Å². The predicted molar refractivity (Wildman–Crippen MR) is 100 cm³/mol. The first-order valence-corrected chi connectivity index (χ1v) is 9.66. The number of anilines is 1. The van der Waals surface area contributed by atoms with Crippen LogP contribution in [-0.2, 0) is 11.4 Å². The molecule has 2 unspecified atom stereocenters. The van der Waals surface area contributed by atoms with E-state index in [1.165, 1.54) is 0 Å². The molecule has 4 rings (SSSR count). The molecule has 2 fully saturated rings. The van der Waals surface area contributed by atoms with Crippen molar-refractivity contribution in [2.75, 3.05) is 5.32 Å². The number of nitrogens with two attached hydrogens (primary N) is 1. The van der Waals surface area contributed by atoms with Crippen LogP contribution in [-0.4, -0.2) is 21.6 Å². The molecule has 0 bridgehead atoms. The molecular formula is C20H26N4O3. The van der Waals surface area contributed by atoms with E-state index in [-0.39, 0.29) is 18.4 Å². The fraction of sp³-hybridized carbons (Fsp3) is 0.550. The van der Waals surface area contributed by atoms with Crippen molar-refractivity contribution in [2.45, 2.75) is 63.5 Å². The van der Waals surface area contributed by atoms with Crippen LogP contribution in [0, 0.1) is 5.92 Å². The zero-order valence-corrected chi connectivity index (χ0v) is 15.6. The Kier molecular flexibility index (Phi) is 4.86. The first-order chi connectivity index (χ1) is 13.0. The Bertz CT molecular complexity index is 796. The summed E-state index contributed by atoms with van der Waals surface area (Å²) in [6, 6.07) is 7.30. The van der Waals surface area contributed by atoms with E-state index in [2.05, 4.69) is 15.5 Å². The molecule has 7 heteroatoms. The van der Waals surface area contributed by atoms with Gasteiger partial charge in [0.1, 0.15) is 5.75 Å². The first-order valence-electron chi connectivity index (χ1n) is 9.66. The van der Waals surface area contributed by atoms with Gasteiger partial charge in [0.05, 0.1) is 5.92 Å². The van der Waals surface area contributed by atoms with Gasteiger partial charge in [0.25, 0.3) is 0 Å². The number of rotatable bonds is 6. The smallest absolute Gasteiger partial charge is 0.229 e. The van der Waals surface area contributed by atoms with Gasteiger partial charge in [-0.15, -0.1) is 0 Å². The number of ether oxygens (including phenoxy) is 1. The molecule has 1 heterocycles. The Morgan fingerprint density at radius 3 is 2.78 bits per heavy atom. The Hall–Kier alpha value is -2.41. The minimum absolute atomic E-state index is 0.00669. The average Bonchev–Trinajstić information content (AvgIpc) is 3.39. The molecule has 2 aliphatic carbocycles. The fourth-order valence-corrected chi connectivity index (χ4v) is 3.62. The van der Waals surface area contributed by atoms with Gasteiger partial charge in [-0.3, -0.25) is 4.79 Å². The number of hydrogen-bond donors (Lipinski definition) is 2. The van der Waals surface area contributed by atoms with Crippen molar-refractivity contribution in [3.8, 4) is 5.75 Å². The third-order valence-corrected chi connectivity index (χ3v) is 5.47. The van der Waals surface area contributed by atoms with Crippen LogP contribution in [0.3, 0.4) is 0 Å². The highest BCUT2D eigenvalue weighted by atomic mass is 16.5. The van der Waals surface area contributed by atoms with Gasteiger partial charge in [0, 0.05) is 17.1 Å². The van der Waals surface area contributed by atoms with E-state index in [1.807, 2.05) is 31.2 Å². The van der Waals surface area contributed by atoms with Crippen LogP contribution < -0.4 is 15.8 Å². The quantitative estimate of drug-likeness (QED) is 0.808. The molecule has 2 saturated carbocycles. The number of carbonyl (C=O) groups is 1. The molecule has 0 aliphatic heterocycles. The zero-order chi connectivity index (χ0) is 18.9. The lowest BCUT2D eigenvalue weighted by atomic mass is 9.74. The van der Waals surface area contributed by atoms with Crippen LogP contribution in [0.15, 0.2) is 28.8 Å². The molecule has 1 amide bonds. The summed E-state index contributed by atoms with van der Waals surface area (Å²) in [4.78, 5) is 16.9. The molecule has 0 saturated heterocycles. The molecule has 2 aliphatic rings. The van der Waals surface area contributed by atoms with E-state index in [4.69, 9.17) is 15.0 Å². The zero-order valence-electron chi connectivity index (χ0n) is 15.6. The van der Waals surface area contributed by atoms with Crippen LogP contribution >= 0.6 is 0 Å². The lowest BCUT2D eigenvalue weighted by molar-refractivity contribution is -0.122. The van der Waals surface area contributed by atoms with Gasteiger partial charge < -0.3 is 20.3 Å². The highest BCUT2D eigenvalue weighted by Crippen LogP contribution is 2.38. The second kappa shape index (κ2) is 7.31. The Balaban J connectivity index is 1.30. The monoisotopic (exact) mass is 370 g/mol. The minimum atomic E-state index is -0.435. The molecule has 2 aromatic rings. The van der Waals surface area contributed by atoms with Gasteiger partial charge in [0.2, 0.25) is 17.6 Å². The average molecular weight is 370 g/mol. The maximum atomic E-state index is 12.6. The largest absolute Gasteiger partial charge is 0.485 e. The van der Waals surface area contributed by atoms with Gasteiger partial charge in [-0.05, 0) is 56.9 Å². The van der Waals surface area contributed by atoms with Crippen LogP contribution in [0.1, 0.15) is 63.1 Å². The third kappa shape index (κ3) is 4.30. The fourth-order valence-electron chi connectivity index (χ4n) is 3.62. The maximum absolute atomic E-state index is 12.6. The topological polar surface area (TPSA) is 103 Å². The van der Waals surface area contributed by atoms with Crippen molar-refractivity contribution in [1.82, 2.24) is 10.1 Å². The van der Waals surface area contributed by atoms with Crippen LogP contribution in [0.5, 0.6) is 5.75 Å². The summed E-state index contributed by atoms with van der Waals surface area (Å²) in [5, 5.41) is 6.91. The van der Waals surface area contributed by atoms with Gasteiger partial charge in [-0.25, -0.2) is 0 Å². The number of benzene rings is 1. The van der Waals surface area contributed by atoms with Crippen LogP contribution in [0.25, 0.3) is 0 Å². The van der Waals surface area contributed by atoms with Gasteiger partial charge >= 0.3 is 0 Å². The van der Waals surface area contributed by atoms with Crippen molar-refractivity contribution in [3.05, 3.63) is 36.0 Å². The number of amides is 1. The summed E-state index contributed by atoms with van der Waals surface area (Å²) in [7, 11) is 0. The molecule has 3 N–H and O–H groups in total. The molecule has 0 radical (unpaired) electrons. The Morgan fingerprint density at radius 2 is 2.07 bits per heavy atom. The Morgan fingerprint density at radius 1 is 1.30 bits per heavy atom. The highest BCUT2D eigenvalue weighted by molar-refractivity contribution is 5.93. The molecule has 1 aromatic carbocycles. The number of nitrogens with zero attached hydrogens (tertiary/aromatic N) is 2. The number of aromatic nitrogens is 2. The van der Waals surface area contributed by atoms with Crippen molar-refractivity contribution in [2.24, 2.45) is 11.7 Å². The maximum Gasteiger partial charge on any atom is 0.229 e. The molecule has 27 heavy (non-hydrogen) atoms. The van der Waals surface area contributed by atoms with Crippen LogP contribution in [0.2, 0.25) is 0 Å². The molecule has 144 valence electrons. The molecule has 1 aromatic heterocycles. The summed E-state index contributed by atoms with van der Waals surface area (Å²) in [5.41, 5.74) is 6.62. The van der Waals surface area contributed by atoms with Gasteiger partial charge in [0.15, 0.2) is 6.61 Å². The molecular weight excluding hydrogens is 344 g/mol. The van der Waals surface area contributed by atoms with Gasteiger partial charge in [-0.1, -0.05) is 18.0 Å². The van der Waals surface area contributed by atoms with E-state index >= 15 is 0 Å².